The SMILES string of the molecule is CCOc1cccc2cc(C(=O)Nc3ccc(C(=O)NCCNC(=O)C4CCCO4)cc3)c(=O)oc12. The zero-order valence-corrected chi connectivity index (χ0v) is 19.8. The minimum Gasteiger partial charge on any atom is -0.490 e. The Morgan fingerprint density at radius 3 is 2.53 bits per heavy atom. The number of amides is 3. The minimum atomic E-state index is -0.783. The third-order valence-electron chi connectivity index (χ3n) is 5.61. The van der Waals surface area contributed by atoms with Crippen LogP contribution in [0.1, 0.15) is 40.5 Å². The van der Waals surface area contributed by atoms with Crippen LogP contribution in [0.25, 0.3) is 11.0 Å². The number of ether oxygens (including phenoxy) is 2. The van der Waals surface area contributed by atoms with Gasteiger partial charge in [-0.25, -0.2) is 4.79 Å². The number of carbonyl (C=O) groups is 3. The molecule has 0 radical (unpaired) electrons. The number of nitrogens with one attached hydrogen (secondary N) is 3. The molecule has 2 aromatic carbocycles. The molecule has 1 aliphatic rings. The number of para-hydroxylation sites is 1. The summed E-state index contributed by atoms with van der Waals surface area (Å²) in [6.07, 6.45) is 1.18. The van der Waals surface area contributed by atoms with Crippen molar-refractivity contribution < 1.29 is 28.3 Å². The van der Waals surface area contributed by atoms with E-state index in [1.807, 2.05) is 6.92 Å². The van der Waals surface area contributed by atoms with Gasteiger partial charge in [-0.15, -0.1) is 0 Å². The van der Waals surface area contributed by atoms with E-state index in [-0.39, 0.29) is 29.5 Å². The van der Waals surface area contributed by atoms with Gasteiger partial charge < -0.3 is 29.8 Å². The molecule has 0 saturated carbocycles. The standard InChI is InChI=1S/C26H27N3O7/c1-2-34-20-6-3-5-17-15-19(26(33)36-22(17)20)24(31)29-18-10-8-16(9-11-18)23(30)27-12-13-28-25(32)21-7-4-14-35-21/h3,5-6,8-11,15,21H,2,4,7,12-14H2,1H3,(H,27,30)(H,28,32)(H,29,31). The lowest BCUT2D eigenvalue weighted by Crippen LogP contribution is -2.39. The molecular formula is C26H27N3O7. The topological polar surface area (TPSA) is 136 Å². The van der Waals surface area contributed by atoms with Gasteiger partial charge in [0.2, 0.25) is 5.91 Å². The second-order valence-electron chi connectivity index (χ2n) is 8.14. The van der Waals surface area contributed by atoms with Gasteiger partial charge in [-0.2, -0.15) is 0 Å². The summed E-state index contributed by atoms with van der Waals surface area (Å²) in [4.78, 5) is 49.4. The molecule has 10 nitrogen and oxygen atoms in total. The fourth-order valence-electron chi connectivity index (χ4n) is 3.81. The monoisotopic (exact) mass is 493 g/mol. The molecule has 10 heteroatoms. The minimum absolute atomic E-state index is 0.150. The number of benzene rings is 2. The highest BCUT2D eigenvalue weighted by Crippen LogP contribution is 2.25. The van der Waals surface area contributed by atoms with Crippen molar-refractivity contribution in [2.75, 3.05) is 31.6 Å². The Bertz CT molecular complexity index is 1310. The highest BCUT2D eigenvalue weighted by Gasteiger charge is 2.23. The van der Waals surface area contributed by atoms with E-state index in [1.165, 1.54) is 6.07 Å². The summed E-state index contributed by atoms with van der Waals surface area (Å²) in [7, 11) is 0. The summed E-state index contributed by atoms with van der Waals surface area (Å²) in [6, 6.07) is 12.8. The Morgan fingerprint density at radius 1 is 1.03 bits per heavy atom. The Hall–Kier alpha value is -4.18. The van der Waals surface area contributed by atoms with Crippen molar-refractivity contribution in [3.8, 4) is 5.75 Å². The summed E-state index contributed by atoms with van der Waals surface area (Å²) in [5, 5.41) is 8.66. The van der Waals surface area contributed by atoms with E-state index < -0.39 is 17.6 Å². The van der Waals surface area contributed by atoms with E-state index in [4.69, 9.17) is 13.9 Å². The van der Waals surface area contributed by atoms with Gasteiger partial charge in [-0.05, 0) is 56.2 Å². The lowest BCUT2D eigenvalue weighted by atomic mass is 10.1. The molecule has 3 N–H and O–H groups in total. The quantitative estimate of drug-likeness (QED) is 0.308. The smallest absolute Gasteiger partial charge is 0.349 e. The van der Waals surface area contributed by atoms with Crippen LogP contribution in [0.4, 0.5) is 5.69 Å². The van der Waals surface area contributed by atoms with Crippen LogP contribution in [-0.4, -0.2) is 50.1 Å². The number of fused-ring (bicyclic) bond motifs is 1. The Labute approximate surface area is 207 Å². The van der Waals surface area contributed by atoms with Crippen molar-refractivity contribution in [1.29, 1.82) is 0 Å². The lowest BCUT2D eigenvalue weighted by Gasteiger charge is -2.11. The second kappa shape index (κ2) is 11.5. The highest BCUT2D eigenvalue weighted by molar-refractivity contribution is 6.06. The van der Waals surface area contributed by atoms with Gasteiger partial charge in [0.15, 0.2) is 11.3 Å². The first-order valence-electron chi connectivity index (χ1n) is 11.7. The first kappa shape index (κ1) is 24.9. The molecule has 36 heavy (non-hydrogen) atoms. The third-order valence-corrected chi connectivity index (χ3v) is 5.61. The van der Waals surface area contributed by atoms with E-state index in [0.29, 0.717) is 48.6 Å². The molecule has 1 aliphatic heterocycles. The molecule has 0 aliphatic carbocycles. The third kappa shape index (κ3) is 5.89. The molecule has 1 fully saturated rings. The number of rotatable bonds is 9. The average Bonchev–Trinajstić information content (AvgIpc) is 3.42. The molecule has 1 unspecified atom stereocenters. The van der Waals surface area contributed by atoms with Crippen LogP contribution in [0, 0.1) is 0 Å². The van der Waals surface area contributed by atoms with Crippen molar-refractivity contribution in [2.24, 2.45) is 0 Å². The number of hydrogen-bond donors (Lipinski definition) is 3. The molecule has 0 bridgehead atoms. The first-order valence-corrected chi connectivity index (χ1v) is 11.7. The van der Waals surface area contributed by atoms with E-state index in [2.05, 4.69) is 16.0 Å². The normalized spacial score (nSPS) is 14.9. The second-order valence-corrected chi connectivity index (χ2v) is 8.14. The Kier molecular flexibility index (Phi) is 7.96. The van der Waals surface area contributed by atoms with E-state index in [0.717, 1.165) is 6.42 Å². The molecule has 2 heterocycles. The molecule has 1 aromatic heterocycles. The van der Waals surface area contributed by atoms with E-state index >= 15 is 0 Å². The van der Waals surface area contributed by atoms with E-state index in [1.54, 1.807) is 42.5 Å². The van der Waals surface area contributed by atoms with Crippen LogP contribution in [0.15, 0.2) is 57.7 Å². The fraction of sp³-hybridized carbons (Fsp3) is 0.308. The van der Waals surface area contributed by atoms with Crippen LogP contribution in [-0.2, 0) is 9.53 Å². The summed E-state index contributed by atoms with van der Waals surface area (Å²) >= 11 is 0. The molecular weight excluding hydrogens is 466 g/mol. The van der Waals surface area contributed by atoms with Gasteiger partial charge in [0.05, 0.1) is 6.61 Å². The largest absolute Gasteiger partial charge is 0.490 e. The number of anilines is 1. The van der Waals surface area contributed by atoms with Gasteiger partial charge in [0.1, 0.15) is 11.7 Å². The molecule has 3 amide bonds. The van der Waals surface area contributed by atoms with Gasteiger partial charge >= 0.3 is 5.63 Å². The molecule has 1 atom stereocenters. The lowest BCUT2D eigenvalue weighted by molar-refractivity contribution is -0.129. The van der Waals surface area contributed by atoms with Gasteiger partial charge in [0.25, 0.3) is 11.8 Å². The molecule has 4 rings (SSSR count). The maximum Gasteiger partial charge on any atom is 0.349 e. The Morgan fingerprint density at radius 2 is 1.81 bits per heavy atom. The first-order chi connectivity index (χ1) is 17.5. The number of hydrogen-bond acceptors (Lipinski definition) is 7. The van der Waals surface area contributed by atoms with Crippen LogP contribution in [0.5, 0.6) is 5.75 Å². The summed E-state index contributed by atoms with van der Waals surface area (Å²) in [5.41, 5.74) is 0.135. The zero-order valence-electron chi connectivity index (χ0n) is 19.8. The highest BCUT2D eigenvalue weighted by atomic mass is 16.5. The van der Waals surface area contributed by atoms with Crippen molar-refractivity contribution in [1.82, 2.24) is 10.6 Å². The molecule has 1 saturated heterocycles. The van der Waals surface area contributed by atoms with E-state index in [9.17, 15) is 19.2 Å². The van der Waals surface area contributed by atoms with Crippen molar-refractivity contribution in [3.05, 3.63) is 70.1 Å². The fourth-order valence-corrected chi connectivity index (χ4v) is 3.81. The molecule has 3 aromatic rings. The molecule has 188 valence electrons. The van der Waals surface area contributed by atoms with Gasteiger partial charge in [0, 0.05) is 36.3 Å². The van der Waals surface area contributed by atoms with Gasteiger partial charge in [-0.3, -0.25) is 14.4 Å². The van der Waals surface area contributed by atoms with Crippen LogP contribution >= 0.6 is 0 Å². The summed E-state index contributed by atoms with van der Waals surface area (Å²) in [6.45, 7) is 3.38. The van der Waals surface area contributed by atoms with Crippen molar-refractivity contribution >= 4 is 34.4 Å². The van der Waals surface area contributed by atoms with Crippen molar-refractivity contribution in [2.45, 2.75) is 25.9 Å². The van der Waals surface area contributed by atoms with Crippen molar-refractivity contribution in [3.63, 3.8) is 0 Å². The number of carbonyl (C=O) groups excluding carboxylic acids is 3. The predicted octanol–water partition coefficient (Wildman–Crippen LogP) is 2.47. The summed E-state index contributed by atoms with van der Waals surface area (Å²) in [5.74, 6) is -0.693. The van der Waals surface area contributed by atoms with Crippen LogP contribution in [0.3, 0.4) is 0 Å². The Balaban J connectivity index is 1.32. The predicted molar refractivity (Wildman–Crippen MR) is 132 cm³/mol. The van der Waals surface area contributed by atoms with Gasteiger partial charge in [-0.1, -0.05) is 12.1 Å². The zero-order chi connectivity index (χ0) is 25.5. The van der Waals surface area contributed by atoms with Crippen LogP contribution in [0.2, 0.25) is 0 Å². The van der Waals surface area contributed by atoms with Crippen LogP contribution < -0.4 is 26.3 Å². The summed E-state index contributed by atoms with van der Waals surface area (Å²) < 4.78 is 16.1. The molecule has 0 spiro atoms. The maximum atomic E-state index is 12.7. The average molecular weight is 494 g/mol. The maximum absolute atomic E-state index is 12.7.